The number of fused-ring (bicyclic) bond motifs is 1. The van der Waals surface area contributed by atoms with E-state index in [0.717, 1.165) is 12.0 Å². The van der Waals surface area contributed by atoms with E-state index in [1.54, 1.807) is 61.7 Å². The summed E-state index contributed by atoms with van der Waals surface area (Å²) in [6.45, 7) is 1.20. The third-order valence-corrected chi connectivity index (χ3v) is 7.31. The average Bonchev–Trinajstić information content (AvgIpc) is 3.31. The fraction of sp³-hybridized carbons (Fsp3) is 0.160. The largest absolute Gasteiger partial charge is 0.497 e. The molecule has 7 heteroatoms. The van der Waals surface area contributed by atoms with E-state index in [1.165, 1.54) is 5.56 Å². The highest BCUT2D eigenvalue weighted by atomic mass is 32.2. The second-order valence-corrected chi connectivity index (χ2v) is 9.48. The minimum atomic E-state index is -3.87. The Kier molecular flexibility index (Phi) is 5.19. The molecule has 2 heterocycles. The molecule has 1 aliphatic heterocycles. The van der Waals surface area contributed by atoms with Crippen LogP contribution in [-0.2, 0) is 22.8 Å². The fourth-order valence-corrected chi connectivity index (χ4v) is 5.25. The Morgan fingerprint density at radius 2 is 1.59 bits per heavy atom. The van der Waals surface area contributed by atoms with Crippen molar-refractivity contribution in [3.63, 3.8) is 0 Å². The molecule has 0 N–H and O–H groups in total. The van der Waals surface area contributed by atoms with Crippen molar-refractivity contribution in [2.24, 2.45) is 0 Å². The zero-order chi connectivity index (χ0) is 22.1. The van der Waals surface area contributed by atoms with Gasteiger partial charge in [-0.1, -0.05) is 42.5 Å². The molecule has 0 saturated heterocycles. The molecule has 0 amide bonds. The summed E-state index contributed by atoms with van der Waals surface area (Å²) in [5.41, 5.74) is 3.11. The summed E-state index contributed by atoms with van der Waals surface area (Å²) < 4.78 is 38.4. The van der Waals surface area contributed by atoms with Gasteiger partial charge in [0.2, 0.25) is 26.6 Å². The van der Waals surface area contributed by atoms with Crippen LogP contribution in [0.2, 0.25) is 0 Å². The van der Waals surface area contributed by atoms with Crippen molar-refractivity contribution in [2.75, 3.05) is 18.6 Å². The maximum atomic E-state index is 13.5. The number of hydrogen-bond acceptors (Lipinski definition) is 6. The Balaban J connectivity index is 1.62. The molecule has 4 aromatic rings. The van der Waals surface area contributed by atoms with Crippen LogP contribution >= 0.6 is 0 Å². The van der Waals surface area contributed by atoms with Crippen molar-refractivity contribution < 1.29 is 17.6 Å². The van der Waals surface area contributed by atoms with Gasteiger partial charge in [0.1, 0.15) is 5.75 Å². The van der Waals surface area contributed by atoms with Crippen LogP contribution in [0.5, 0.6) is 5.75 Å². The average molecular weight is 447 g/mol. The Bertz CT molecular complexity index is 1350. The van der Waals surface area contributed by atoms with Crippen molar-refractivity contribution in [1.82, 2.24) is 4.98 Å². The lowest BCUT2D eigenvalue weighted by Gasteiger charge is -2.28. The normalized spacial score (nSPS) is 13.6. The van der Waals surface area contributed by atoms with Crippen LogP contribution in [0.15, 0.2) is 93.2 Å². The molecule has 1 aliphatic rings. The van der Waals surface area contributed by atoms with Gasteiger partial charge < -0.3 is 14.1 Å². The minimum Gasteiger partial charge on any atom is -0.497 e. The predicted molar refractivity (Wildman–Crippen MR) is 122 cm³/mol. The highest BCUT2D eigenvalue weighted by Gasteiger charge is 2.32. The van der Waals surface area contributed by atoms with E-state index in [0.29, 0.717) is 24.4 Å². The van der Waals surface area contributed by atoms with Crippen molar-refractivity contribution in [2.45, 2.75) is 22.9 Å². The van der Waals surface area contributed by atoms with E-state index < -0.39 is 9.84 Å². The molecular formula is C25H22N2O4S. The van der Waals surface area contributed by atoms with Crippen LogP contribution < -0.4 is 9.64 Å². The van der Waals surface area contributed by atoms with Gasteiger partial charge in [0.05, 0.1) is 12.0 Å². The summed E-state index contributed by atoms with van der Waals surface area (Å²) in [4.78, 5) is 6.62. The molecule has 3 aromatic carbocycles. The zero-order valence-corrected chi connectivity index (χ0v) is 18.4. The van der Waals surface area contributed by atoms with Gasteiger partial charge in [0, 0.05) is 18.7 Å². The van der Waals surface area contributed by atoms with E-state index in [-0.39, 0.29) is 21.7 Å². The van der Waals surface area contributed by atoms with Gasteiger partial charge in [-0.3, -0.25) is 0 Å². The van der Waals surface area contributed by atoms with Crippen LogP contribution in [-0.4, -0.2) is 27.1 Å². The standard InChI is InChI=1S/C25H22N2O4S/c1-30-21-13-11-19(12-14-21)23-26-24(32(28,29)22-9-3-2-4-10-22)25(31-23)27-16-15-18-7-5-6-8-20(18)17-27/h2-14H,15-17H2,1H3. The number of rotatable bonds is 5. The maximum absolute atomic E-state index is 13.5. The van der Waals surface area contributed by atoms with E-state index in [1.807, 2.05) is 17.0 Å². The summed E-state index contributed by atoms with van der Waals surface area (Å²) in [6, 6.07) is 23.7. The molecule has 32 heavy (non-hydrogen) atoms. The van der Waals surface area contributed by atoms with Crippen LogP contribution in [0.25, 0.3) is 11.5 Å². The van der Waals surface area contributed by atoms with Gasteiger partial charge >= 0.3 is 0 Å². The van der Waals surface area contributed by atoms with Crippen molar-refractivity contribution in [3.05, 3.63) is 90.0 Å². The first-order chi connectivity index (χ1) is 15.6. The lowest BCUT2D eigenvalue weighted by atomic mass is 10.0. The van der Waals surface area contributed by atoms with Gasteiger partial charge in [0.25, 0.3) is 0 Å². The van der Waals surface area contributed by atoms with E-state index in [2.05, 4.69) is 17.1 Å². The number of ether oxygens (including phenoxy) is 1. The summed E-state index contributed by atoms with van der Waals surface area (Å²) in [7, 11) is -2.27. The van der Waals surface area contributed by atoms with Crippen molar-refractivity contribution in [3.8, 4) is 17.2 Å². The Labute approximate surface area is 187 Å². The molecule has 0 bridgehead atoms. The van der Waals surface area contributed by atoms with E-state index in [9.17, 15) is 8.42 Å². The molecule has 0 radical (unpaired) electrons. The molecule has 0 spiro atoms. The lowest BCUT2D eigenvalue weighted by molar-refractivity contribution is 0.415. The molecule has 5 rings (SSSR count). The first-order valence-electron chi connectivity index (χ1n) is 10.3. The molecule has 0 atom stereocenters. The summed E-state index contributed by atoms with van der Waals surface area (Å²) in [6.07, 6.45) is 0.805. The first-order valence-corrected chi connectivity index (χ1v) is 11.8. The predicted octanol–water partition coefficient (Wildman–Crippen LogP) is 4.75. The molecule has 0 saturated carbocycles. The van der Waals surface area contributed by atoms with Gasteiger partial charge in [-0.25, -0.2) is 8.42 Å². The molecule has 0 unspecified atom stereocenters. The monoisotopic (exact) mass is 446 g/mol. The first kappa shape index (κ1) is 20.3. The summed E-state index contributed by atoms with van der Waals surface area (Å²) in [5, 5.41) is -0.0612. The highest BCUT2D eigenvalue weighted by Crippen LogP contribution is 2.37. The van der Waals surface area contributed by atoms with Crippen LogP contribution in [0, 0.1) is 0 Å². The van der Waals surface area contributed by atoms with Gasteiger partial charge in [0.15, 0.2) is 0 Å². The summed E-state index contributed by atoms with van der Waals surface area (Å²) in [5.74, 6) is 1.23. The molecule has 162 valence electrons. The van der Waals surface area contributed by atoms with Gasteiger partial charge in [-0.15, -0.1) is 0 Å². The van der Waals surface area contributed by atoms with Crippen LogP contribution in [0.3, 0.4) is 0 Å². The number of hydrogen-bond donors (Lipinski definition) is 0. The van der Waals surface area contributed by atoms with Gasteiger partial charge in [-0.05, 0) is 53.9 Å². The van der Waals surface area contributed by atoms with Crippen molar-refractivity contribution >= 4 is 15.7 Å². The van der Waals surface area contributed by atoms with Crippen LogP contribution in [0.1, 0.15) is 11.1 Å². The SMILES string of the molecule is COc1ccc(-c2nc(S(=O)(=O)c3ccccc3)c(N3CCc4ccccc4C3)o2)cc1. The second-order valence-electron chi connectivity index (χ2n) is 7.61. The Hall–Kier alpha value is -3.58. The maximum Gasteiger partial charge on any atom is 0.236 e. The van der Waals surface area contributed by atoms with Crippen LogP contribution in [0.4, 0.5) is 5.88 Å². The topological polar surface area (TPSA) is 72.6 Å². The van der Waals surface area contributed by atoms with E-state index >= 15 is 0 Å². The lowest BCUT2D eigenvalue weighted by Crippen LogP contribution is -2.31. The third-order valence-electron chi connectivity index (χ3n) is 5.64. The van der Waals surface area contributed by atoms with Gasteiger partial charge in [-0.2, -0.15) is 4.98 Å². The molecular weight excluding hydrogens is 424 g/mol. The number of anilines is 1. The number of methoxy groups -OCH3 is 1. The van der Waals surface area contributed by atoms with Crippen molar-refractivity contribution in [1.29, 1.82) is 0 Å². The molecule has 6 nitrogen and oxygen atoms in total. The Morgan fingerprint density at radius 1 is 0.906 bits per heavy atom. The number of oxazole rings is 1. The quantitative estimate of drug-likeness (QED) is 0.441. The molecule has 1 aromatic heterocycles. The fourth-order valence-electron chi connectivity index (χ4n) is 3.91. The molecule has 0 aliphatic carbocycles. The smallest absolute Gasteiger partial charge is 0.236 e. The number of sulfone groups is 1. The third kappa shape index (κ3) is 3.65. The number of nitrogens with zero attached hydrogens (tertiary/aromatic N) is 2. The minimum absolute atomic E-state index is 0.0612. The highest BCUT2D eigenvalue weighted by molar-refractivity contribution is 7.91. The number of aromatic nitrogens is 1. The molecule has 0 fully saturated rings. The summed E-state index contributed by atoms with van der Waals surface area (Å²) >= 11 is 0. The number of benzene rings is 3. The Morgan fingerprint density at radius 3 is 2.31 bits per heavy atom. The van der Waals surface area contributed by atoms with E-state index in [4.69, 9.17) is 9.15 Å². The second kappa shape index (κ2) is 8.16. The zero-order valence-electron chi connectivity index (χ0n) is 17.6.